The molecule has 5 nitrogen and oxygen atoms in total. The molecule has 3 rings (SSSR count). The van der Waals surface area contributed by atoms with E-state index in [0.717, 1.165) is 11.1 Å². The molecular weight excluding hydrogens is 262 g/mol. The van der Waals surface area contributed by atoms with Crippen molar-refractivity contribution < 1.29 is 0 Å². The van der Waals surface area contributed by atoms with Crippen LogP contribution in [0.25, 0.3) is 0 Å². The van der Waals surface area contributed by atoms with E-state index in [1.807, 2.05) is 61.5 Å². The Labute approximate surface area is 123 Å². The van der Waals surface area contributed by atoms with Crippen LogP contribution in [0.3, 0.4) is 0 Å². The second-order valence-corrected chi connectivity index (χ2v) is 5.06. The Morgan fingerprint density at radius 3 is 2.14 bits per heavy atom. The third-order valence-corrected chi connectivity index (χ3v) is 3.65. The fourth-order valence-electron chi connectivity index (χ4n) is 2.51. The predicted molar refractivity (Wildman–Crippen MR) is 84.8 cm³/mol. The van der Waals surface area contributed by atoms with Gasteiger partial charge in [0.05, 0.1) is 0 Å². The summed E-state index contributed by atoms with van der Waals surface area (Å²) < 4.78 is 0. The average Bonchev–Trinajstić information content (AvgIpc) is 2.50. The van der Waals surface area contributed by atoms with E-state index in [9.17, 15) is 0 Å². The summed E-state index contributed by atoms with van der Waals surface area (Å²) in [5, 5.41) is 4.09. The minimum absolute atomic E-state index is 0.131. The molecular formula is C16H17N5. The van der Waals surface area contributed by atoms with Crippen LogP contribution in [0.1, 0.15) is 16.7 Å². The third kappa shape index (κ3) is 2.12. The number of benzene rings is 2. The molecule has 0 saturated carbocycles. The number of nitrogens with one attached hydrogen (secondary N) is 1. The summed E-state index contributed by atoms with van der Waals surface area (Å²) in [6, 6.07) is 18.0. The van der Waals surface area contributed by atoms with Gasteiger partial charge in [-0.15, -0.1) is 5.10 Å². The lowest BCUT2D eigenvalue weighted by Crippen LogP contribution is -2.55. The van der Waals surface area contributed by atoms with Gasteiger partial charge in [0.15, 0.2) is 5.54 Å². The molecule has 0 radical (unpaired) electrons. The molecule has 0 aromatic heterocycles. The van der Waals surface area contributed by atoms with Crippen molar-refractivity contribution in [3.05, 3.63) is 71.3 Å². The number of amidine groups is 1. The first-order valence-electron chi connectivity index (χ1n) is 6.70. The number of guanidine groups is 1. The van der Waals surface area contributed by atoms with Crippen LogP contribution < -0.4 is 16.9 Å². The van der Waals surface area contributed by atoms with Crippen LogP contribution in [0.4, 0.5) is 0 Å². The first kappa shape index (κ1) is 13.2. The van der Waals surface area contributed by atoms with Crippen LogP contribution >= 0.6 is 0 Å². The van der Waals surface area contributed by atoms with Gasteiger partial charge in [0.25, 0.3) is 0 Å². The number of hydrogen-bond acceptors (Lipinski definition) is 5. The van der Waals surface area contributed by atoms with E-state index in [1.54, 1.807) is 0 Å². The summed E-state index contributed by atoms with van der Waals surface area (Å²) in [6.45, 7) is 2.04. The van der Waals surface area contributed by atoms with Crippen molar-refractivity contribution in [3.63, 3.8) is 0 Å². The molecule has 2 aromatic carbocycles. The SMILES string of the molecule is Cc1ccc(C2(c3ccccc3)NN=C(N)N=C2N)cc1. The van der Waals surface area contributed by atoms with E-state index in [4.69, 9.17) is 11.5 Å². The van der Waals surface area contributed by atoms with Gasteiger partial charge < -0.3 is 11.5 Å². The Morgan fingerprint density at radius 1 is 0.905 bits per heavy atom. The van der Waals surface area contributed by atoms with E-state index in [2.05, 4.69) is 15.5 Å². The highest BCUT2D eigenvalue weighted by Crippen LogP contribution is 2.31. The van der Waals surface area contributed by atoms with Crippen LogP contribution in [0.2, 0.25) is 0 Å². The lowest BCUT2D eigenvalue weighted by atomic mass is 9.81. The minimum Gasteiger partial charge on any atom is -0.384 e. The second-order valence-electron chi connectivity index (χ2n) is 5.06. The van der Waals surface area contributed by atoms with Crippen LogP contribution in [-0.2, 0) is 5.54 Å². The van der Waals surface area contributed by atoms with Crippen molar-refractivity contribution in [2.75, 3.05) is 0 Å². The van der Waals surface area contributed by atoms with E-state index < -0.39 is 5.54 Å². The summed E-state index contributed by atoms with van der Waals surface area (Å²) in [6.07, 6.45) is 0. The van der Waals surface area contributed by atoms with Crippen molar-refractivity contribution in [1.29, 1.82) is 0 Å². The van der Waals surface area contributed by atoms with E-state index in [1.165, 1.54) is 5.56 Å². The highest BCUT2D eigenvalue weighted by Gasteiger charge is 2.40. The number of aryl methyl sites for hydroxylation is 1. The molecule has 0 spiro atoms. The lowest BCUT2D eigenvalue weighted by molar-refractivity contribution is 0.529. The largest absolute Gasteiger partial charge is 0.384 e. The molecule has 0 aliphatic carbocycles. The van der Waals surface area contributed by atoms with Gasteiger partial charge >= 0.3 is 0 Å². The monoisotopic (exact) mass is 279 g/mol. The van der Waals surface area contributed by atoms with Crippen molar-refractivity contribution in [3.8, 4) is 0 Å². The number of hydrogen-bond donors (Lipinski definition) is 3. The summed E-state index contributed by atoms with van der Waals surface area (Å²) in [7, 11) is 0. The average molecular weight is 279 g/mol. The Hall–Kier alpha value is -2.82. The van der Waals surface area contributed by atoms with Crippen molar-refractivity contribution in [2.24, 2.45) is 21.6 Å². The zero-order valence-corrected chi connectivity index (χ0v) is 11.7. The van der Waals surface area contributed by atoms with Gasteiger partial charge in [-0.1, -0.05) is 60.2 Å². The summed E-state index contributed by atoms with van der Waals surface area (Å²) in [5.74, 6) is 0.510. The van der Waals surface area contributed by atoms with Crippen LogP contribution in [0.5, 0.6) is 0 Å². The van der Waals surface area contributed by atoms with Gasteiger partial charge in [0.1, 0.15) is 5.84 Å². The molecule has 5 heteroatoms. The molecule has 21 heavy (non-hydrogen) atoms. The smallest absolute Gasteiger partial charge is 0.239 e. The number of hydrazone groups is 1. The van der Waals surface area contributed by atoms with E-state index >= 15 is 0 Å². The van der Waals surface area contributed by atoms with Gasteiger partial charge in [0, 0.05) is 0 Å². The van der Waals surface area contributed by atoms with Crippen LogP contribution in [0, 0.1) is 6.92 Å². The topological polar surface area (TPSA) is 88.8 Å². The van der Waals surface area contributed by atoms with Crippen molar-refractivity contribution in [1.82, 2.24) is 5.43 Å². The molecule has 1 aliphatic heterocycles. The van der Waals surface area contributed by atoms with Gasteiger partial charge in [-0.05, 0) is 18.1 Å². The van der Waals surface area contributed by atoms with E-state index in [-0.39, 0.29) is 5.96 Å². The number of nitrogens with zero attached hydrogens (tertiary/aromatic N) is 2. The summed E-state index contributed by atoms with van der Waals surface area (Å²) in [5.41, 5.74) is 17.3. The third-order valence-electron chi connectivity index (χ3n) is 3.65. The summed E-state index contributed by atoms with van der Waals surface area (Å²) in [4.78, 5) is 4.17. The molecule has 0 amide bonds. The highest BCUT2D eigenvalue weighted by atomic mass is 15.4. The molecule has 0 fully saturated rings. The Bertz CT molecular complexity index is 703. The molecule has 0 saturated heterocycles. The molecule has 5 N–H and O–H groups in total. The fraction of sp³-hybridized carbons (Fsp3) is 0.125. The Morgan fingerprint density at radius 2 is 1.52 bits per heavy atom. The highest BCUT2D eigenvalue weighted by molar-refractivity contribution is 6.03. The summed E-state index contributed by atoms with van der Waals surface area (Å²) >= 11 is 0. The molecule has 1 atom stereocenters. The lowest BCUT2D eigenvalue weighted by Gasteiger charge is -2.35. The van der Waals surface area contributed by atoms with Crippen LogP contribution in [0.15, 0.2) is 64.7 Å². The first-order chi connectivity index (χ1) is 10.1. The van der Waals surface area contributed by atoms with Gasteiger partial charge in [-0.25, -0.2) is 0 Å². The maximum absolute atomic E-state index is 6.23. The molecule has 106 valence electrons. The minimum atomic E-state index is -0.794. The zero-order chi connectivity index (χ0) is 14.9. The Balaban J connectivity index is 2.22. The zero-order valence-electron chi connectivity index (χ0n) is 11.7. The van der Waals surface area contributed by atoms with Gasteiger partial charge in [-0.2, -0.15) is 4.99 Å². The fourth-order valence-corrected chi connectivity index (χ4v) is 2.51. The number of nitrogens with two attached hydrogens (primary N) is 2. The molecule has 1 heterocycles. The maximum atomic E-state index is 6.23. The quantitative estimate of drug-likeness (QED) is 0.777. The number of aliphatic imine (C=N–C) groups is 1. The maximum Gasteiger partial charge on any atom is 0.239 e. The second kappa shape index (κ2) is 4.94. The van der Waals surface area contributed by atoms with Crippen LogP contribution in [-0.4, -0.2) is 11.8 Å². The standard InChI is InChI=1S/C16H17N5/c1-11-7-9-13(10-8-11)16(12-5-3-2-4-6-12)14(17)19-15(18)20-21-16/h2-10,21H,1H3,(H4,17,18,19,20). The van der Waals surface area contributed by atoms with Crippen molar-refractivity contribution in [2.45, 2.75) is 12.5 Å². The van der Waals surface area contributed by atoms with Gasteiger partial charge in [-0.3, -0.25) is 5.43 Å². The Kier molecular flexibility index (Phi) is 3.10. The van der Waals surface area contributed by atoms with Crippen molar-refractivity contribution >= 4 is 11.8 Å². The molecule has 2 aromatic rings. The number of rotatable bonds is 2. The molecule has 1 aliphatic rings. The predicted octanol–water partition coefficient (Wildman–Crippen LogP) is 1.43. The normalized spacial score (nSPS) is 21.2. The molecule has 0 bridgehead atoms. The van der Waals surface area contributed by atoms with Gasteiger partial charge in [0.2, 0.25) is 5.96 Å². The first-order valence-corrected chi connectivity index (χ1v) is 6.70. The molecule has 1 unspecified atom stereocenters. The van der Waals surface area contributed by atoms with E-state index in [0.29, 0.717) is 5.84 Å².